The molecule has 3 aromatic carbocycles. The van der Waals surface area contributed by atoms with E-state index in [9.17, 15) is 0 Å². The van der Waals surface area contributed by atoms with Crippen LogP contribution in [-0.4, -0.2) is 3.71 Å². The van der Waals surface area contributed by atoms with Crippen LogP contribution in [0.15, 0.2) is 81.2 Å². The van der Waals surface area contributed by atoms with Crippen molar-refractivity contribution >= 4 is 3.71 Å². The van der Waals surface area contributed by atoms with Crippen LogP contribution in [0.2, 0.25) is 0 Å². The molecule has 228 valence electrons. The van der Waals surface area contributed by atoms with E-state index < -0.39 is 21.3 Å². The van der Waals surface area contributed by atoms with E-state index in [1.54, 1.807) is 20.0 Å². The molecule has 0 heterocycles. The van der Waals surface area contributed by atoms with Crippen LogP contribution < -0.4 is 24.8 Å². The third-order valence-electron chi connectivity index (χ3n) is 9.42. The normalized spacial score (nSPS) is 16.8. The maximum atomic E-state index is 2.77. The first-order valence-corrected chi connectivity index (χ1v) is 19.5. The van der Waals surface area contributed by atoms with E-state index in [4.69, 9.17) is 0 Å². The molecule has 3 heteroatoms. The first kappa shape index (κ1) is 35.9. The van der Waals surface area contributed by atoms with Gasteiger partial charge in [-0.1, -0.05) is 0 Å². The topological polar surface area (TPSA) is 0 Å². The summed E-state index contributed by atoms with van der Waals surface area (Å²) in [6, 6.07) is 24.4. The van der Waals surface area contributed by atoms with Crippen LogP contribution in [0.25, 0.3) is 11.1 Å². The number of rotatable bonds is 3. The van der Waals surface area contributed by atoms with Gasteiger partial charge in [-0.05, 0) is 0 Å². The molecule has 5 rings (SSSR count). The standard InChI is InChI=1S/C21H25.C11H14.C8H11.2ClH.Zr/c1-20(2,3)16-9-7-14-11-15-8-10-17(21(4,5)6)13-19(15)18(14)12-16;1-9-5-7-10(8-6-9)11(2,3)4;1-6-4-7(2)8(3)5-6;;;/h7-13H,1-6H3;1,5-8H,2-4H3;4,6H,1-3H3;2*1H;/q;;;;;+2/p-2. The van der Waals surface area contributed by atoms with Crippen molar-refractivity contribution in [1.82, 2.24) is 0 Å². The fourth-order valence-electron chi connectivity index (χ4n) is 6.71. The summed E-state index contributed by atoms with van der Waals surface area (Å²) in [5.74, 6) is 0.518. The minimum Gasteiger partial charge on any atom is -1.00 e. The van der Waals surface area contributed by atoms with Gasteiger partial charge in [0, 0.05) is 0 Å². The van der Waals surface area contributed by atoms with Crippen molar-refractivity contribution in [3.05, 3.63) is 115 Å². The average molecular weight is 693 g/mol. The summed E-state index contributed by atoms with van der Waals surface area (Å²) in [4.78, 5) is 0. The van der Waals surface area contributed by atoms with Crippen molar-refractivity contribution < 1.29 is 46.1 Å². The molecule has 43 heavy (non-hydrogen) atoms. The molecule has 0 fully saturated rings. The molecule has 3 aromatic rings. The molecule has 2 aliphatic rings. The van der Waals surface area contributed by atoms with Crippen LogP contribution in [0.5, 0.6) is 0 Å². The monoisotopic (exact) mass is 690 g/mol. The summed E-state index contributed by atoms with van der Waals surface area (Å²) in [5, 5.41) is 0. The Morgan fingerprint density at radius 1 is 0.605 bits per heavy atom. The van der Waals surface area contributed by atoms with Crippen LogP contribution in [0.4, 0.5) is 0 Å². The third-order valence-corrected chi connectivity index (χ3v) is 17.6. The molecule has 0 bridgehead atoms. The second-order valence-corrected chi connectivity index (χ2v) is 21.4. The van der Waals surface area contributed by atoms with E-state index in [2.05, 4.69) is 154 Å². The number of fused-ring (bicyclic) bond motifs is 3. The average Bonchev–Trinajstić information content (AvgIpc) is 3.33. The Morgan fingerprint density at radius 3 is 1.40 bits per heavy atom. The van der Waals surface area contributed by atoms with Crippen molar-refractivity contribution in [2.24, 2.45) is 5.92 Å². The van der Waals surface area contributed by atoms with Gasteiger partial charge in [0.2, 0.25) is 0 Å². The summed E-state index contributed by atoms with van der Waals surface area (Å²) in [6.07, 6.45) is 2.52. The molecule has 0 aliphatic heterocycles. The largest absolute Gasteiger partial charge is 1.00 e. The molecule has 0 spiro atoms. The van der Waals surface area contributed by atoms with Gasteiger partial charge in [-0.3, -0.25) is 0 Å². The minimum atomic E-state index is -2.47. The third kappa shape index (κ3) is 7.01. The minimum absolute atomic E-state index is 0. The summed E-state index contributed by atoms with van der Waals surface area (Å²) in [6.45, 7) is 28.1. The van der Waals surface area contributed by atoms with Crippen molar-refractivity contribution in [2.45, 2.75) is 103 Å². The zero-order valence-electron chi connectivity index (χ0n) is 28.3. The SMILES string of the molecule is CC1=CC(C)[C](/[Zr+2](=[CH]/c2ccc(C(C)(C)C)cc2)[CH]2c3ccc(C(C)(C)C)cc3-c3cc(C(C)(C)C)ccc32)=C1C.[Cl-].[Cl-]. The van der Waals surface area contributed by atoms with Crippen molar-refractivity contribution in [1.29, 1.82) is 0 Å². The fourth-order valence-corrected chi connectivity index (χ4v) is 15.6. The first-order valence-electron chi connectivity index (χ1n) is 15.5. The van der Waals surface area contributed by atoms with Crippen LogP contribution in [-0.2, 0) is 37.5 Å². The molecular weight excluding hydrogens is 643 g/mol. The van der Waals surface area contributed by atoms with E-state index in [0.717, 1.165) is 0 Å². The zero-order valence-corrected chi connectivity index (χ0v) is 32.3. The Morgan fingerprint density at radius 2 is 1.02 bits per heavy atom. The first-order chi connectivity index (χ1) is 19.0. The Bertz CT molecular complexity index is 1530. The van der Waals surface area contributed by atoms with Crippen LogP contribution >= 0.6 is 0 Å². The predicted octanol–water partition coefficient (Wildman–Crippen LogP) is 5.00. The number of allylic oxidation sites excluding steroid dienone is 4. The quantitative estimate of drug-likeness (QED) is 0.363. The van der Waals surface area contributed by atoms with Gasteiger partial charge in [-0.25, -0.2) is 0 Å². The van der Waals surface area contributed by atoms with Crippen molar-refractivity contribution in [3.8, 4) is 11.1 Å². The van der Waals surface area contributed by atoms with Gasteiger partial charge in [0.25, 0.3) is 0 Å². The molecule has 0 saturated heterocycles. The molecule has 0 nitrogen and oxygen atoms in total. The predicted molar refractivity (Wildman–Crippen MR) is 177 cm³/mol. The number of benzene rings is 3. The number of halogens is 2. The summed E-state index contributed by atoms with van der Waals surface area (Å²) in [7, 11) is 0. The van der Waals surface area contributed by atoms with E-state index >= 15 is 0 Å². The molecule has 0 radical (unpaired) electrons. The Kier molecular flexibility index (Phi) is 10.6. The second kappa shape index (κ2) is 12.7. The van der Waals surface area contributed by atoms with E-state index in [1.165, 1.54) is 39.0 Å². The molecule has 0 aromatic heterocycles. The van der Waals surface area contributed by atoms with Gasteiger partial charge in [0.1, 0.15) is 0 Å². The van der Waals surface area contributed by atoms with E-state index in [1.807, 2.05) is 0 Å². The maximum Gasteiger partial charge on any atom is -1.00 e. The molecule has 0 amide bonds. The summed E-state index contributed by atoms with van der Waals surface area (Å²) >= 11 is -2.47. The number of hydrogen-bond donors (Lipinski definition) is 0. The van der Waals surface area contributed by atoms with Gasteiger partial charge in [0.15, 0.2) is 0 Å². The molecule has 2 aliphatic carbocycles. The van der Waals surface area contributed by atoms with Crippen molar-refractivity contribution in [2.75, 3.05) is 0 Å². The van der Waals surface area contributed by atoms with Gasteiger partial charge >= 0.3 is 260 Å². The van der Waals surface area contributed by atoms with E-state index in [-0.39, 0.29) is 41.1 Å². The van der Waals surface area contributed by atoms with Gasteiger partial charge in [0.05, 0.1) is 0 Å². The van der Waals surface area contributed by atoms with Gasteiger partial charge < -0.3 is 24.8 Å². The Balaban J connectivity index is 0.00000253. The molecular formula is C40H50Cl2Zr. The van der Waals surface area contributed by atoms with Gasteiger partial charge in [-0.15, -0.1) is 0 Å². The van der Waals surface area contributed by atoms with E-state index in [0.29, 0.717) is 9.54 Å². The molecule has 0 saturated carbocycles. The molecule has 0 N–H and O–H groups in total. The second-order valence-electron chi connectivity index (χ2n) is 15.7. The van der Waals surface area contributed by atoms with Crippen LogP contribution in [0.1, 0.15) is 120 Å². The summed E-state index contributed by atoms with van der Waals surface area (Å²) < 4.78 is 5.03. The maximum absolute atomic E-state index is 2.77. The fraction of sp³-hybridized carbons (Fsp3) is 0.425. The summed E-state index contributed by atoms with van der Waals surface area (Å²) in [5.41, 5.74) is 15.2. The van der Waals surface area contributed by atoms with Crippen LogP contribution in [0, 0.1) is 5.92 Å². The Labute approximate surface area is 282 Å². The Hall–Kier alpha value is -1.53. The van der Waals surface area contributed by atoms with Gasteiger partial charge in [-0.2, -0.15) is 0 Å². The van der Waals surface area contributed by atoms with Crippen molar-refractivity contribution in [3.63, 3.8) is 0 Å². The number of hydrogen-bond acceptors (Lipinski definition) is 0. The zero-order chi connectivity index (χ0) is 30.1. The smallest absolute Gasteiger partial charge is 1.00 e. The molecule has 1 atom stereocenters. The van der Waals surface area contributed by atoms with Crippen LogP contribution in [0.3, 0.4) is 0 Å². The molecule has 1 unspecified atom stereocenters.